The zero-order valence-electron chi connectivity index (χ0n) is 13.4. The van der Waals surface area contributed by atoms with Gasteiger partial charge in [-0.25, -0.2) is 0 Å². The van der Waals surface area contributed by atoms with Crippen molar-refractivity contribution in [3.8, 4) is 5.75 Å². The number of fused-ring (bicyclic) bond motifs is 4. The molecule has 2 aliphatic heterocycles. The molecule has 2 heterocycles. The first-order valence-corrected chi connectivity index (χ1v) is 8.02. The molecule has 0 amide bonds. The van der Waals surface area contributed by atoms with Crippen LogP contribution in [0.3, 0.4) is 0 Å². The van der Waals surface area contributed by atoms with Crippen LogP contribution in [0.25, 0.3) is 6.08 Å². The van der Waals surface area contributed by atoms with E-state index in [0.29, 0.717) is 18.8 Å². The molecule has 0 saturated carbocycles. The molecule has 1 fully saturated rings. The van der Waals surface area contributed by atoms with Gasteiger partial charge in [-0.15, -0.1) is 0 Å². The summed E-state index contributed by atoms with van der Waals surface area (Å²) in [6, 6.07) is 13.2. The second-order valence-electron chi connectivity index (χ2n) is 6.05. The van der Waals surface area contributed by atoms with Crippen LogP contribution in [0.5, 0.6) is 5.75 Å². The molecular weight excluding hydrogens is 304 g/mol. The molecule has 2 unspecified atom stereocenters. The fraction of sp³-hybridized carbons (Fsp3) is 0.250. The molecule has 0 spiro atoms. The number of benzene rings is 2. The van der Waals surface area contributed by atoms with E-state index in [9.17, 15) is 4.79 Å². The third-order valence-corrected chi connectivity index (χ3v) is 4.23. The Bertz CT molecular complexity index is 795. The predicted molar refractivity (Wildman–Crippen MR) is 90.0 cm³/mol. The third kappa shape index (κ3) is 2.86. The number of allylic oxidation sites excluding steroid dienone is 1. The average molecular weight is 322 g/mol. The minimum absolute atomic E-state index is 0.0135. The van der Waals surface area contributed by atoms with E-state index in [1.54, 1.807) is 6.08 Å². The number of carbonyl (C=O) groups is 1. The van der Waals surface area contributed by atoms with Crippen LogP contribution < -0.4 is 4.74 Å². The summed E-state index contributed by atoms with van der Waals surface area (Å²) >= 11 is 0. The second kappa shape index (κ2) is 6.23. The SMILES string of the molecule is Cc1cc(/C=C/C(=O)c2ccccc2)cc2c1OCC1COC2O1. The Morgan fingerprint density at radius 1 is 1.17 bits per heavy atom. The van der Waals surface area contributed by atoms with Crippen molar-refractivity contribution in [1.29, 1.82) is 0 Å². The zero-order valence-corrected chi connectivity index (χ0v) is 13.4. The molecule has 4 rings (SSSR count). The summed E-state index contributed by atoms with van der Waals surface area (Å²) in [4.78, 5) is 12.2. The van der Waals surface area contributed by atoms with Gasteiger partial charge in [-0.3, -0.25) is 4.79 Å². The van der Waals surface area contributed by atoms with Crippen LogP contribution in [0.1, 0.15) is 33.3 Å². The van der Waals surface area contributed by atoms with Crippen LogP contribution in [0.4, 0.5) is 0 Å². The highest BCUT2D eigenvalue weighted by atomic mass is 16.7. The summed E-state index contributed by atoms with van der Waals surface area (Å²) in [6.45, 7) is 3.05. The quantitative estimate of drug-likeness (QED) is 0.638. The summed E-state index contributed by atoms with van der Waals surface area (Å²) < 4.78 is 17.4. The molecule has 0 aliphatic carbocycles. The Kier molecular flexibility index (Phi) is 3.92. The van der Waals surface area contributed by atoms with Crippen molar-refractivity contribution in [2.75, 3.05) is 13.2 Å². The van der Waals surface area contributed by atoms with Crippen molar-refractivity contribution in [2.45, 2.75) is 19.3 Å². The number of aryl methyl sites for hydroxylation is 1. The topological polar surface area (TPSA) is 44.8 Å². The maximum absolute atomic E-state index is 12.2. The van der Waals surface area contributed by atoms with Crippen molar-refractivity contribution in [2.24, 2.45) is 0 Å². The van der Waals surface area contributed by atoms with Gasteiger partial charge in [0.15, 0.2) is 12.1 Å². The summed E-state index contributed by atoms with van der Waals surface area (Å²) in [6.07, 6.45) is 3.01. The summed E-state index contributed by atoms with van der Waals surface area (Å²) in [5.74, 6) is 0.807. The molecule has 2 bridgehead atoms. The van der Waals surface area contributed by atoms with Gasteiger partial charge in [0.05, 0.1) is 12.2 Å². The molecule has 24 heavy (non-hydrogen) atoms. The minimum atomic E-state index is -0.385. The van der Waals surface area contributed by atoms with Gasteiger partial charge >= 0.3 is 0 Å². The number of rotatable bonds is 3. The monoisotopic (exact) mass is 322 g/mol. The van der Waals surface area contributed by atoms with Gasteiger partial charge in [0, 0.05) is 5.56 Å². The molecule has 1 saturated heterocycles. The van der Waals surface area contributed by atoms with Gasteiger partial charge in [-0.2, -0.15) is 0 Å². The van der Waals surface area contributed by atoms with Crippen LogP contribution in [-0.4, -0.2) is 25.1 Å². The zero-order chi connectivity index (χ0) is 16.5. The lowest BCUT2D eigenvalue weighted by Crippen LogP contribution is -2.19. The van der Waals surface area contributed by atoms with Gasteiger partial charge in [0.25, 0.3) is 0 Å². The Morgan fingerprint density at radius 2 is 2.00 bits per heavy atom. The van der Waals surface area contributed by atoms with E-state index in [1.165, 1.54) is 0 Å². The van der Waals surface area contributed by atoms with Crippen molar-refractivity contribution >= 4 is 11.9 Å². The molecule has 2 atom stereocenters. The summed E-state index contributed by atoms with van der Waals surface area (Å²) in [5, 5.41) is 0. The van der Waals surface area contributed by atoms with Crippen molar-refractivity contribution < 1.29 is 19.0 Å². The largest absolute Gasteiger partial charge is 0.490 e. The average Bonchev–Trinajstić information content (AvgIpc) is 2.99. The number of hydrogen-bond acceptors (Lipinski definition) is 4. The van der Waals surface area contributed by atoms with Crippen LogP contribution in [0, 0.1) is 6.92 Å². The molecule has 4 heteroatoms. The molecule has 0 radical (unpaired) electrons. The first kappa shape index (κ1) is 15.1. The van der Waals surface area contributed by atoms with Gasteiger partial charge in [0.2, 0.25) is 0 Å². The van der Waals surface area contributed by atoms with E-state index in [1.807, 2.05) is 55.5 Å². The molecular formula is C20H18O4. The fourth-order valence-corrected chi connectivity index (χ4v) is 3.04. The Balaban J connectivity index is 1.63. The third-order valence-electron chi connectivity index (χ3n) is 4.23. The van der Waals surface area contributed by atoms with E-state index in [4.69, 9.17) is 14.2 Å². The highest BCUT2D eigenvalue weighted by Crippen LogP contribution is 2.39. The highest BCUT2D eigenvalue weighted by Gasteiger charge is 2.34. The maximum Gasteiger partial charge on any atom is 0.188 e. The number of hydrogen-bond donors (Lipinski definition) is 0. The molecule has 4 nitrogen and oxygen atoms in total. The van der Waals surface area contributed by atoms with E-state index in [-0.39, 0.29) is 18.2 Å². The van der Waals surface area contributed by atoms with E-state index >= 15 is 0 Å². The van der Waals surface area contributed by atoms with Crippen LogP contribution in [0.2, 0.25) is 0 Å². The molecule has 0 aromatic heterocycles. The first-order valence-electron chi connectivity index (χ1n) is 8.02. The highest BCUT2D eigenvalue weighted by molar-refractivity contribution is 6.06. The molecule has 2 aromatic carbocycles. The number of ether oxygens (including phenoxy) is 3. The van der Waals surface area contributed by atoms with Gasteiger partial charge < -0.3 is 14.2 Å². The summed E-state index contributed by atoms with van der Waals surface area (Å²) in [7, 11) is 0. The van der Waals surface area contributed by atoms with Crippen molar-refractivity contribution in [3.63, 3.8) is 0 Å². The predicted octanol–water partition coefficient (Wildman–Crippen LogP) is 3.70. The van der Waals surface area contributed by atoms with E-state index in [2.05, 4.69) is 0 Å². The van der Waals surface area contributed by atoms with Crippen molar-refractivity contribution in [1.82, 2.24) is 0 Å². The normalized spacial score (nSPS) is 22.0. The van der Waals surface area contributed by atoms with Gasteiger partial charge in [-0.1, -0.05) is 36.4 Å². The Labute approximate surface area is 140 Å². The van der Waals surface area contributed by atoms with Crippen LogP contribution in [-0.2, 0) is 9.47 Å². The first-order chi connectivity index (χ1) is 11.7. The van der Waals surface area contributed by atoms with Crippen LogP contribution in [0.15, 0.2) is 48.5 Å². The fourth-order valence-electron chi connectivity index (χ4n) is 3.04. The van der Waals surface area contributed by atoms with E-state index in [0.717, 1.165) is 22.4 Å². The minimum Gasteiger partial charge on any atom is -0.490 e. The van der Waals surface area contributed by atoms with E-state index < -0.39 is 0 Å². The lowest BCUT2D eigenvalue weighted by Gasteiger charge is -2.16. The van der Waals surface area contributed by atoms with Crippen LogP contribution >= 0.6 is 0 Å². The Hall–Kier alpha value is -2.43. The maximum atomic E-state index is 12.2. The summed E-state index contributed by atoms with van der Waals surface area (Å²) in [5.41, 5.74) is 3.51. The molecule has 0 N–H and O–H groups in total. The lowest BCUT2D eigenvalue weighted by molar-refractivity contribution is -0.0579. The van der Waals surface area contributed by atoms with Crippen molar-refractivity contribution in [3.05, 3.63) is 70.8 Å². The van der Waals surface area contributed by atoms with Gasteiger partial charge in [0.1, 0.15) is 18.5 Å². The smallest absolute Gasteiger partial charge is 0.188 e. The number of carbonyl (C=O) groups excluding carboxylic acids is 1. The van der Waals surface area contributed by atoms with Gasteiger partial charge in [-0.05, 0) is 36.3 Å². The molecule has 2 aromatic rings. The lowest BCUT2D eigenvalue weighted by atomic mass is 10.0. The number of ketones is 1. The Morgan fingerprint density at radius 3 is 2.83 bits per heavy atom. The standard InChI is InChI=1S/C20H18O4/c1-13-9-14(7-8-18(21)15-5-3-2-4-6-15)10-17-19(13)22-11-16-12-23-20(17)24-16/h2-10,16,20H,11-12H2,1H3/b8-7+. The second-order valence-corrected chi connectivity index (χ2v) is 6.05. The molecule has 122 valence electrons. The molecule has 2 aliphatic rings.